The van der Waals surface area contributed by atoms with Crippen LogP contribution < -0.4 is 32.8 Å². The molecular weight excluding hydrogens is 574 g/mol. The number of halogens is 1. The number of nitrogens with two attached hydrogens (primary N) is 2. The zero-order valence-electron chi connectivity index (χ0n) is 22.0. The van der Waals surface area contributed by atoms with E-state index in [0.717, 1.165) is 22.4 Å². The van der Waals surface area contributed by atoms with Gasteiger partial charge in [0.1, 0.15) is 16.2 Å². The first-order valence-corrected chi connectivity index (χ1v) is 13.6. The molecule has 0 spiro atoms. The Morgan fingerprint density at radius 1 is 1.20 bits per heavy atom. The van der Waals surface area contributed by atoms with Crippen LogP contribution in [0.2, 0.25) is 0 Å². The van der Waals surface area contributed by atoms with Gasteiger partial charge in [-0.15, -0.1) is 23.7 Å². The van der Waals surface area contributed by atoms with Gasteiger partial charge in [0.2, 0.25) is 5.82 Å². The number of nitrogen functional groups attached to an aromatic ring is 1. The Bertz CT molecular complexity index is 1790. The van der Waals surface area contributed by atoms with Crippen molar-refractivity contribution in [1.82, 2.24) is 9.97 Å². The summed E-state index contributed by atoms with van der Waals surface area (Å²) < 4.78 is 5.04. The minimum atomic E-state index is -1.29. The summed E-state index contributed by atoms with van der Waals surface area (Å²) in [5, 5.41) is 9.24. The van der Waals surface area contributed by atoms with Crippen molar-refractivity contribution in [2.24, 2.45) is 5.73 Å². The summed E-state index contributed by atoms with van der Waals surface area (Å²) in [6, 6.07) is 6.17. The van der Waals surface area contributed by atoms with Gasteiger partial charge in [-0.3, -0.25) is 19.2 Å². The molecule has 6 N–H and O–H groups in total. The maximum atomic E-state index is 12.1. The predicted molar refractivity (Wildman–Crippen MR) is 157 cm³/mol. The minimum Gasteiger partial charge on any atom is -0.475 e. The standard InChI is InChI=1S/C14H15N3O2.C13H12N2O5S.ClH/c15-6-8-1-2-9-3-4-17(7-10(9)5-8)12-11(16)13(18)14(12)19;1-2-20-13(19)5-3-4-6-7(5)8-10(16)14-9(12(17)18)15-11(8)21-6;/h1-2,5H,3-4,6-7,15-16H2;5H,2-4H2,1H3,(H,17,18)(H,14,15,16);1H. The number of thiophene rings is 1. The van der Waals surface area contributed by atoms with Gasteiger partial charge in [0, 0.05) is 24.5 Å². The molecule has 2 aromatic heterocycles. The van der Waals surface area contributed by atoms with Crippen molar-refractivity contribution in [3.05, 3.63) is 82.0 Å². The van der Waals surface area contributed by atoms with Gasteiger partial charge < -0.3 is 31.2 Å². The first-order chi connectivity index (χ1) is 19.1. The molecule has 0 bridgehead atoms. The number of fused-ring (bicyclic) bond motifs is 4. The number of H-pyrrole nitrogens is 1. The maximum absolute atomic E-state index is 12.1. The van der Waals surface area contributed by atoms with Crippen molar-refractivity contribution in [3.63, 3.8) is 0 Å². The number of benzene rings is 1. The summed E-state index contributed by atoms with van der Waals surface area (Å²) in [7, 11) is 0. The van der Waals surface area contributed by atoms with Gasteiger partial charge in [-0.25, -0.2) is 9.78 Å². The van der Waals surface area contributed by atoms with E-state index in [0.29, 0.717) is 53.9 Å². The number of aromatic carboxylic acids is 1. The molecule has 41 heavy (non-hydrogen) atoms. The number of carbonyl (C=O) groups is 2. The summed E-state index contributed by atoms with van der Waals surface area (Å²) >= 11 is 1.27. The van der Waals surface area contributed by atoms with E-state index in [1.165, 1.54) is 16.9 Å². The third kappa shape index (κ3) is 5.35. The van der Waals surface area contributed by atoms with E-state index in [1.807, 2.05) is 11.0 Å². The third-order valence-electron chi connectivity index (χ3n) is 7.21. The van der Waals surface area contributed by atoms with Gasteiger partial charge in [0.15, 0.2) is 0 Å². The average molecular weight is 602 g/mol. The Morgan fingerprint density at radius 3 is 2.61 bits per heavy atom. The lowest BCUT2D eigenvalue weighted by Crippen LogP contribution is -2.44. The van der Waals surface area contributed by atoms with Crippen molar-refractivity contribution in [2.75, 3.05) is 23.8 Å². The van der Waals surface area contributed by atoms with Gasteiger partial charge >= 0.3 is 11.9 Å². The van der Waals surface area contributed by atoms with Gasteiger partial charge in [0.05, 0.1) is 17.9 Å². The first-order valence-electron chi connectivity index (χ1n) is 12.7. The van der Waals surface area contributed by atoms with Crippen LogP contribution in [-0.4, -0.2) is 40.2 Å². The Hall–Kier alpha value is -4.07. The maximum Gasteiger partial charge on any atom is 0.372 e. The topological polar surface area (TPSA) is 199 Å². The van der Waals surface area contributed by atoms with Crippen molar-refractivity contribution in [2.45, 2.75) is 45.2 Å². The molecule has 1 aliphatic carbocycles. The number of esters is 1. The molecular formula is C27H28ClN5O7S. The van der Waals surface area contributed by atoms with E-state index >= 15 is 0 Å². The van der Waals surface area contributed by atoms with E-state index < -0.39 is 28.3 Å². The van der Waals surface area contributed by atoms with Gasteiger partial charge in [-0.1, -0.05) is 18.2 Å². The molecule has 216 valence electrons. The molecule has 12 nitrogen and oxygen atoms in total. The average Bonchev–Trinajstić information content (AvgIpc) is 3.52. The first kappa shape index (κ1) is 29.9. The Labute approximate surface area is 243 Å². The number of hydrogen-bond acceptors (Lipinski definition) is 11. The molecule has 6 rings (SSSR count). The van der Waals surface area contributed by atoms with Crippen LogP contribution in [0.5, 0.6) is 0 Å². The molecule has 2 aliphatic rings. The van der Waals surface area contributed by atoms with Crippen LogP contribution in [0, 0.1) is 0 Å². The number of hydrogen-bond donors (Lipinski definition) is 4. The molecule has 3 heterocycles. The second kappa shape index (κ2) is 11.8. The molecule has 0 radical (unpaired) electrons. The fourth-order valence-corrected chi connectivity index (χ4v) is 6.52. The Balaban J connectivity index is 0.000000185. The normalized spacial score (nSPS) is 15.5. The molecule has 4 aromatic rings. The number of rotatable bonds is 5. The zero-order valence-corrected chi connectivity index (χ0v) is 23.7. The van der Waals surface area contributed by atoms with E-state index in [-0.39, 0.29) is 36.5 Å². The number of ether oxygens (including phenoxy) is 1. The van der Waals surface area contributed by atoms with Gasteiger partial charge in [-0.05, 0) is 48.4 Å². The number of anilines is 2. The van der Waals surface area contributed by atoms with Gasteiger partial charge in [-0.2, -0.15) is 0 Å². The van der Waals surface area contributed by atoms with Crippen LogP contribution in [0.1, 0.15) is 57.0 Å². The number of carboxylic acid groups (broad SMARTS) is 1. The highest BCUT2D eigenvalue weighted by Gasteiger charge is 2.35. The molecule has 1 aliphatic heterocycles. The minimum absolute atomic E-state index is 0. The van der Waals surface area contributed by atoms with Crippen molar-refractivity contribution < 1.29 is 19.4 Å². The number of aryl methyl sites for hydroxylation is 1. The highest BCUT2D eigenvalue weighted by molar-refractivity contribution is 7.18. The highest BCUT2D eigenvalue weighted by Crippen LogP contribution is 2.42. The van der Waals surface area contributed by atoms with Crippen molar-refractivity contribution in [1.29, 1.82) is 0 Å². The number of carboxylic acids is 1. The molecule has 14 heteroatoms. The highest BCUT2D eigenvalue weighted by atomic mass is 35.5. The molecule has 0 fully saturated rings. The zero-order chi connectivity index (χ0) is 28.7. The van der Waals surface area contributed by atoms with E-state index in [4.69, 9.17) is 21.3 Å². The van der Waals surface area contributed by atoms with Crippen LogP contribution in [-0.2, 0) is 35.5 Å². The number of nitrogens with zero attached hydrogens (tertiary/aromatic N) is 2. The molecule has 0 saturated heterocycles. The Kier molecular flexibility index (Phi) is 8.61. The third-order valence-corrected chi connectivity index (χ3v) is 8.37. The smallest absolute Gasteiger partial charge is 0.372 e. The lowest BCUT2D eigenvalue weighted by molar-refractivity contribution is -0.144. The molecule has 1 atom stereocenters. The largest absolute Gasteiger partial charge is 0.475 e. The number of nitrogens with one attached hydrogen (secondary N) is 1. The molecule has 0 amide bonds. The van der Waals surface area contributed by atoms with Crippen LogP contribution in [0.4, 0.5) is 11.4 Å². The number of aromatic nitrogens is 2. The lowest BCUT2D eigenvalue weighted by Gasteiger charge is -2.31. The fourth-order valence-electron chi connectivity index (χ4n) is 5.27. The van der Waals surface area contributed by atoms with E-state index in [1.54, 1.807) is 6.92 Å². The monoisotopic (exact) mass is 601 g/mol. The van der Waals surface area contributed by atoms with Crippen LogP contribution in [0.3, 0.4) is 0 Å². The summed E-state index contributed by atoms with van der Waals surface area (Å²) in [6.45, 7) is 3.83. The second-order valence-electron chi connectivity index (χ2n) is 9.58. The molecule has 2 aromatic carbocycles. The quantitative estimate of drug-likeness (QED) is 0.191. The second-order valence-corrected chi connectivity index (χ2v) is 10.7. The van der Waals surface area contributed by atoms with E-state index in [2.05, 4.69) is 22.1 Å². The number of aromatic amines is 1. The van der Waals surface area contributed by atoms with Gasteiger partial charge in [0.25, 0.3) is 16.4 Å². The van der Waals surface area contributed by atoms with E-state index in [9.17, 15) is 24.0 Å². The molecule has 0 saturated carbocycles. The fraction of sp³-hybridized carbons (Fsp3) is 0.333. The summed E-state index contributed by atoms with van der Waals surface area (Å²) in [4.78, 5) is 67.2. The molecule has 1 unspecified atom stereocenters. The summed E-state index contributed by atoms with van der Waals surface area (Å²) in [6.07, 6.45) is 2.12. The number of carbonyl (C=O) groups excluding carboxylic acids is 1. The van der Waals surface area contributed by atoms with Crippen LogP contribution in [0.25, 0.3) is 10.2 Å². The van der Waals surface area contributed by atoms with Crippen molar-refractivity contribution >= 4 is 57.3 Å². The van der Waals surface area contributed by atoms with Crippen molar-refractivity contribution in [3.8, 4) is 0 Å². The SMILES string of the molecule is CCOC(=O)C1CCc2sc3nc(C(=O)O)[nH]c(=O)c3c21.Cl.NCc1ccc2c(c1)CN(c1c(N)c(=O)c1=O)CC2. The summed E-state index contributed by atoms with van der Waals surface area (Å²) in [5.74, 6) is -2.49. The predicted octanol–water partition coefficient (Wildman–Crippen LogP) is 1.58. The van der Waals surface area contributed by atoms with Crippen LogP contribution in [0.15, 0.2) is 32.6 Å². The Morgan fingerprint density at radius 2 is 1.95 bits per heavy atom. The van der Waals surface area contributed by atoms with Crippen LogP contribution >= 0.6 is 23.7 Å². The summed E-state index contributed by atoms with van der Waals surface area (Å²) in [5.41, 5.74) is 14.3. The lowest BCUT2D eigenvalue weighted by atomic mass is 9.96.